The third-order valence-corrected chi connectivity index (χ3v) is 8.58. The minimum Gasteiger partial charge on any atom is -0.356 e. The molecule has 7 heteroatoms. The van der Waals surface area contributed by atoms with Gasteiger partial charge in [0.15, 0.2) is 0 Å². The lowest BCUT2D eigenvalue weighted by Crippen LogP contribution is -2.43. The predicted molar refractivity (Wildman–Crippen MR) is 138 cm³/mol. The van der Waals surface area contributed by atoms with E-state index in [9.17, 15) is 9.59 Å². The predicted octanol–water partition coefficient (Wildman–Crippen LogP) is 4.52. The molecular weight excluding hydrogens is 444 g/mol. The fourth-order valence-corrected chi connectivity index (χ4v) is 6.10. The summed E-state index contributed by atoms with van der Waals surface area (Å²) in [5, 5.41) is 4.03. The highest BCUT2D eigenvalue weighted by Crippen LogP contribution is 2.31. The average Bonchev–Trinajstić information content (AvgIpc) is 3.51. The van der Waals surface area contributed by atoms with Crippen molar-refractivity contribution in [3.8, 4) is 10.6 Å². The molecule has 0 unspecified atom stereocenters. The van der Waals surface area contributed by atoms with E-state index >= 15 is 0 Å². The highest BCUT2D eigenvalue weighted by atomic mass is 32.1. The zero-order chi connectivity index (χ0) is 24.1. The van der Waals surface area contributed by atoms with Crippen molar-refractivity contribution in [2.24, 2.45) is 11.8 Å². The van der Waals surface area contributed by atoms with Crippen LogP contribution in [0.1, 0.15) is 60.0 Å². The molecule has 1 aromatic carbocycles. The normalized spacial score (nSPS) is 18.3. The first-order chi connectivity index (χ1) is 16.4. The minimum atomic E-state index is -0.0117. The topological polar surface area (TPSA) is 65.5 Å². The minimum absolute atomic E-state index is 0.0117. The van der Waals surface area contributed by atoms with Crippen molar-refractivity contribution in [2.45, 2.75) is 52.9 Å². The SMILES string of the molecule is Cc1ccc(-c2nc(C)c(C(=O)N3CCC([C@H](C)C(=O)NCCCN4CCCC4)CC3)s2)cc1. The Morgan fingerprint density at radius 2 is 1.76 bits per heavy atom. The molecule has 184 valence electrons. The number of piperidine rings is 1. The quantitative estimate of drug-likeness (QED) is 0.562. The summed E-state index contributed by atoms with van der Waals surface area (Å²) in [6.07, 6.45) is 5.37. The number of nitrogens with one attached hydrogen (secondary N) is 1. The fraction of sp³-hybridized carbons (Fsp3) is 0.593. The third kappa shape index (κ3) is 6.05. The van der Waals surface area contributed by atoms with Crippen LogP contribution in [0.25, 0.3) is 10.6 Å². The number of rotatable bonds is 8. The number of hydrogen-bond acceptors (Lipinski definition) is 5. The van der Waals surface area contributed by atoms with Crippen LogP contribution in [0.2, 0.25) is 0 Å². The maximum Gasteiger partial charge on any atom is 0.265 e. The van der Waals surface area contributed by atoms with Crippen LogP contribution in [0, 0.1) is 25.7 Å². The van der Waals surface area contributed by atoms with Gasteiger partial charge in [-0.25, -0.2) is 4.98 Å². The van der Waals surface area contributed by atoms with E-state index in [0.717, 1.165) is 53.5 Å². The lowest BCUT2D eigenvalue weighted by Gasteiger charge is -2.34. The van der Waals surface area contributed by atoms with E-state index in [1.807, 2.05) is 18.7 Å². The van der Waals surface area contributed by atoms with E-state index in [0.29, 0.717) is 19.0 Å². The van der Waals surface area contributed by atoms with E-state index in [4.69, 9.17) is 0 Å². The van der Waals surface area contributed by atoms with Crippen LogP contribution in [-0.2, 0) is 4.79 Å². The Morgan fingerprint density at radius 1 is 1.09 bits per heavy atom. The van der Waals surface area contributed by atoms with Crippen LogP contribution in [-0.4, -0.2) is 65.9 Å². The van der Waals surface area contributed by atoms with Gasteiger partial charge in [-0.1, -0.05) is 36.8 Å². The highest BCUT2D eigenvalue weighted by Gasteiger charge is 2.31. The van der Waals surface area contributed by atoms with Gasteiger partial charge in [0.2, 0.25) is 5.91 Å². The molecule has 4 rings (SSSR count). The Morgan fingerprint density at radius 3 is 2.44 bits per heavy atom. The second kappa shape index (κ2) is 11.5. The van der Waals surface area contributed by atoms with Crippen molar-refractivity contribution < 1.29 is 9.59 Å². The van der Waals surface area contributed by atoms with Gasteiger partial charge in [0, 0.05) is 31.1 Å². The molecule has 2 aliphatic rings. The van der Waals surface area contributed by atoms with Gasteiger partial charge in [-0.3, -0.25) is 9.59 Å². The summed E-state index contributed by atoms with van der Waals surface area (Å²) in [6, 6.07) is 8.27. The Labute approximate surface area is 207 Å². The number of benzene rings is 1. The molecule has 2 saturated heterocycles. The van der Waals surface area contributed by atoms with Gasteiger partial charge in [-0.15, -0.1) is 11.3 Å². The number of likely N-dealkylation sites (tertiary alicyclic amines) is 2. The highest BCUT2D eigenvalue weighted by molar-refractivity contribution is 7.17. The third-order valence-electron chi connectivity index (χ3n) is 7.39. The van der Waals surface area contributed by atoms with Crippen molar-refractivity contribution in [3.63, 3.8) is 0 Å². The lowest BCUT2D eigenvalue weighted by atomic mass is 9.84. The van der Waals surface area contributed by atoms with Crippen LogP contribution in [0.4, 0.5) is 0 Å². The summed E-state index contributed by atoms with van der Waals surface area (Å²) in [5.41, 5.74) is 3.06. The first-order valence-electron chi connectivity index (χ1n) is 12.8. The van der Waals surface area contributed by atoms with E-state index in [2.05, 4.69) is 46.4 Å². The van der Waals surface area contributed by atoms with Gasteiger partial charge in [0.25, 0.3) is 5.91 Å². The zero-order valence-electron chi connectivity index (χ0n) is 20.8. The second-order valence-electron chi connectivity index (χ2n) is 9.91. The second-order valence-corrected chi connectivity index (χ2v) is 10.9. The Hall–Kier alpha value is -2.25. The molecule has 6 nitrogen and oxygen atoms in total. The zero-order valence-corrected chi connectivity index (χ0v) is 21.6. The van der Waals surface area contributed by atoms with Crippen LogP contribution < -0.4 is 5.32 Å². The number of carbonyl (C=O) groups excluding carboxylic acids is 2. The summed E-state index contributed by atoms with van der Waals surface area (Å²) >= 11 is 1.48. The van der Waals surface area contributed by atoms with E-state index in [1.54, 1.807) is 0 Å². The molecule has 2 amide bonds. The first kappa shape index (κ1) is 24.9. The molecule has 1 aromatic heterocycles. The van der Waals surface area contributed by atoms with E-state index < -0.39 is 0 Å². The molecule has 1 atom stereocenters. The van der Waals surface area contributed by atoms with E-state index in [-0.39, 0.29) is 17.7 Å². The number of amides is 2. The van der Waals surface area contributed by atoms with Crippen molar-refractivity contribution in [3.05, 3.63) is 40.4 Å². The first-order valence-corrected chi connectivity index (χ1v) is 13.6. The molecule has 2 aromatic rings. The maximum atomic E-state index is 13.2. The Kier molecular flexibility index (Phi) is 8.37. The number of hydrogen-bond donors (Lipinski definition) is 1. The molecule has 0 radical (unpaired) electrons. The summed E-state index contributed by atoms with van der Waals surface area (Å²) in [7, 11) is 0. The number of aromatic nitrogens is 1. The smallest absolute Gasteiger partial charge is 0.265 e. The van der Waals surface area contributed by atoms with Crippen molar-refractivity contribution in [2.75, 3.05) is 39.3 Å². The molecule has 2 aliphatic heterocycles. The molecule has 2 fully saturated rings. The fourth-order valence-electron chi connectivity index (χ4n) is 5.06. The number of nitrogens with zero attached hydrogens (tertiary/aromatic N) is 3. The van der Waals surface area contributed by atoms with Gasteiger partial charge in [-0.05, 0) is 71.5 Å². The standard InChI is InChI=1S/C27H38N4O2S/c1-19-7-9-23(10-8-19)26-29-21(3)24(34-26)27(33)31-17-11-22(12-18-31)20(2)25(32)28-13-6-16-30-14-4-5-15-30/h7-10,20,22H,4-6,11-18H2,1-3H3,(H,28,32)/t20-/m0/s1. The molecule has 34 heavy (non-hydrogen) atoms. The molecule has 0 bridgehead atoms. The van der Waals surface area contributed by atoms with Crippen LogP contribution >= 0.6 is 11.3 Å². The summed E-state index contributed by atoms with van der Waals surface area (Å²) in [4.78, 5) is 35.7. The van der Waals surface area contributed by atoms with Crippen LogP contribution in [0.3, 0.4) is 0 Å². The Bertz CT molecular complexity index is 973. The molecule has 3 heterocycles. The number of thiazole rings is 1. The molecule has 0 saturated carbocycles. The maximum absolute atomic E-state index is 13.2. The Balaban J connectivity index is 1.24. The largest absolute Gasteiger partial charge is 0.356 e. The van der Waals surface area contributed by atoms with Gasteiger partial charge in [0.05, 0.1) is 5.69 Å². The van der Waals surface area contributed by atoms with Gasteiger partial charge in [-0.2, -0.15) is 0 Å². The van der Waals surface area contributed by atoms with Gasteiger partial charge >= 0.3 is 0 Å². The van der Waals surface area contributed by atoms with Gasteiger partial charge < -0.3 is 15.1 Å². The number of aryl methyl sites for hydroxylation is 2. The monoisotopic (exact) mass is 482 g/mol. The molecular formula is C27H38N4O2S. The lowest BCUT2D eigenvalue weighted by molar-refractivity contribution is -0.126. The molecule has 0 aliphatic carbocycles. The van der Waals surface area contributed by atoms with Crippen LogP contribution in [0.15, 0.2) is 24.3 Å². The summed E-state index contributed by atoms with van der Waals surface area (Å²) in [6.45, 7) is 11.7. The van der Waals surface area contributed by atoms with Crippen LogP contribution in [0.5, 0.6) is 0 Å². The van der Waals surface area contributed by atoms with E-state index in [1.165, 1.54) is 42.8 Å². The summed E-state index contributed by atoms with van der Waals surface area (Å²) in [5.74, 6) is 0.550. The molecule has 0 spiro atoms. The summed E-state index contributed by atoms with van der Waals surface area (Å²) < 4.78 is 0. The van der Waals surface area contributed by atoms with Crippen molar-refractivity contribution in [1.82, 2.24) is 20.1 Å². The van der Waals surface area contributed by atoms with Gasteiger partial charge in [0.1, 0.15) is 9.88 Å². The van der Waals surface area contributed by atoms with Crippen molar-refractivity contribution in [1.29, 1.82) is 0 Å². The van der Waals surface area contributed by atoms with Crippen molar-refractivity contribution >= 4 is 23.2 Å². The average molecular weight is 483 g/mol. The number of carbonyl (C=O) groups is 2. The molecule has 1 N–H and O–H groups in total.